The molecule has 0 fully saturated rings. The highest BCUT2D eigenvalue weighted by Gasteiger charge is 2.24. The topological polar surface area (TPSA) is 88.2 Å². The normalized spacial score (nSPS) is 11.9. The summed E-state index contributed by atoms with van der Waals surface area (Å²) in [5.41, 5.74) is 1.73. The number of halogens is 1. The fourth-order valence-electron chi connectivity index (χ4n) is 4.53. The van der Waals surface area contributed by atoms with Gasteiger partial charge < -0.3 is 9.47 Å². The average molecular weight is 527 g/mol. The van der Waals surface area contributed by atoms with Crippen LogP contribution in [-0.2, 0) is 13.0 Å². The molecule has 5 aromatic rings. The highest BCUT2D eigenvalue weighted by molar-refractivity contribution is 5.98. The first-order chi connectivity index (χ1) is 18.9. The minimum atomic E-state index is -1.21. The van der Waals surface area contributed by atoms with E-state index in [1.54, 1.807) is 62.7 Å². The van der Waals surface area contributed by atoms with E-state index in [1.165, 1.54) is 22.5 Å². The largest absolute Gasteiger partial charge is 0.497 e. The van der Waals surface area contributed by atoms with E-state index < -0.39 is 11.7 Å². The number of rotatable bonds is 9. The quantitative estimate of drug-likeness (QED) is 0.237. The summed E-state index contributed by atoms with van der Waals surface area (Å²) >= 11 is 0. The maximum Gasteiger partial charge on any atom is 0.282 e. The van der Waals surface area contributed by atoms with E-state index in [-0.39, 0.29) is 24.3 Å². The molecule has 39 heavy (non-hydrogen) atoms. The molecule has 3 aromatic heterocycles. The number of Topliss-reactive ketones (excluding diaryl/α,β-unsaturated/α-hetero) is 1. The van der Waals surface area contributed by atoms with Crippen molar-refractivity contribution >= 4 is 16.7 Å². The highest BCUT2D eigenvalue weighted by atomic mass is 19.1. The smallest absolute Gasteiger partial charge is 0.282 e. The van der Waals surface area contributed by atoms with Crippen LogP contribution in [0.3, 0.4) is 0 Å². The fraction of sp³-hybridized carbons (Fsp3) is 0.200. The molecule has 0 unspecified atom stereocenters. The van der Waals surface area contributed by atoms with Gasteiger partial charge in [0.05, 0.1) is 37.5 Å². The number of fused-ring (bicyclic) bond motifs is 1. The number of carbonyl (C=O) groups is 1. The highest BCUT2D eigenvalue weighted by Crippen LogP contribution is 2.30. The van der Waals surface area contributed by atoms with Crippen molar-refractivity contribution < 1.29 is 18.7 Å². The zero-order valence-electron chi connectivity index (χ0n) is 21.8. The predicted molar refractivity (Wildman–Crippen MR) is 146 cm³/mol. The van der Waals surface area contributed by atoms with Crippen molar-refractivity contribution in [2.24, 2.45) is 0 Å². The number of benzene rings is 2. The van der Waals surface area contributed by atoms with Crippen molar-refractivity contribution in [1.29, 1.82) is 0 Å². The van der Waals surface area contributed by atoms with Crippen molar-refractivity contribution in [1.82, 2.24) is 19.3 Å². The van der Waals surface area contributed by atoms with E-state index in [2.05, 4.69) is 9.97 Å². The maximum atomic E-state index is 14.0. The van der Waals surface area contributed by atoms with E-state index in [1.807, 2.05) is 24.3 Å². The predicted octanol–water partition coefficient (Wildman–Crippen LogP) is 5.47. The van der Waals surface area contributed by atoms with Gasteiger partial charge in [-0.05, 0) is 56.3 Å². The van der Waals surface area contributed by atoms with Crippen LogP contribution in [0.4, 0.5) is 4.39 Å². The second-order valence-electron chi connectivity index (χ2n) is 9.16. The molecule has 2 aromatic carbocycles. The lowest BCUT2D eigenvalue weighted by molar-refractivity contribution is 0.0990. The maximum absolute atomic E-state index is 14.0. The number of hydrogen-bond acceptors (Lipinski definition) is 6. The summed E-state index contributed by atoms with van der Waals surface area (Å²) in [5, 5.41) is 0.815. The Bertz CT molecular complexity index is 1690. The van der Waals surface area contributed by atoms with Gasteiger partial charge in [-0.2, -0.15) is 0 Å². The molecular weight excluding hydrogens is 499 g/mol. The molecule has 5 rings (SSSR count). The number of carbonyl (C=O) groups excluding carboxylic acids is 1. The molecule has 9 heteroatoms. The van der Waals surface area contributed by atoms with Gasteiger partial charge in [-0.3, -0.25) is 24.2 Å². The molecule has 0 saturated heterocycles. The Hall–Kier alpha value is -4.79. The summed E-state index contributed by atoms with van der Waals surface area (Å²) in [4.78, 5) is 35.4. The number of hydrogen-bond donors (Lipinski definition) is 0. The minimum Gasteiger partial charge on any atom is -0.497 e. The third kappa shape index (κ3) is 5.29. The van der Waals surface area contributed by atoms with Crippen LogP contribution in [0.2, 0.25) is 0 Å². The van der Waals surface area contributed by atoms with E-state index in [0.717, 1.165) is 10.9 Å². The number of ketones is 1. The average Bonchev–Trinajstić information content (AvgIpc) is 3.18. The lowest BCUT2D eigenvalue weighted by Crippen LogP contribution is -2.25. The Morgan fingerprint density at radius 3 is 2.49 bits per heavy atom. The van der Waals surface area contributed by atoms with Crippen molar-refractivity contribution in [2.45, 2.75) is 33.0 Å². The SMILES string of the molecule is COc1ccc2c(Oc3ccc(CC(=O)c4c(C)n(C[C@@H](C)F)n(-c5ccccc5)c4=O)nc3)ccnc2c1. The van der Waals surface area contributed by atoms with Crippen LogP contribution in [0.1, 0.15) is 28.7 Å². The number of ether oxygens (including phenoxy) is 2. The molecule has 0 N–H and O–H groups in total. The molecule has 8 nitrogen and oxygen atoms in total. The Kier molecular flexibility index (Phi) is 7.23. The van der Waals surface area contributed by atoms with Crippen molar-refractivity contribution in [3.05, 3.63) is 106 Å². The molecule has 0 saturated carbocycles. The second kappa shape index (κ2) is 10.9. The van der Waals surface area contributed by atoms with Crippen LogP contribution in [0, 0.1) is 6.92 Å². The monoisotopic (exact) mass is 526 g/mol. The fourth-order valence-corrected chi connectivity index (χ4v) is 4.53. The Balaban J connectivity index is 1.38. The summed E-state index contributed by atoms with van der Waals surface area (Å²) in [6, 6.07) is 19.6. The van der Waals surface area contributed by atoms with E-state index in [4.69, 9.17) is 9.47 Å². The summed E-state index contributed by atoms with van der Waals surface area (Å²) < 4.78 is 28.2. The van der Waals surface area contributed by atoms with Gasteiger partial charge in [-0.25, -0.2) is 9.07 Å². The van der Waals surface area contributed by atoms with Gasteiger partial charge in [0.2, 0.25) is 0 Å². The standard InChI is InChI=1S/C30H27FN4O4/c1-19(31)18-34-20(2)29(30(37)35(34)22-7-5-4-6-8-22)27(36)15-21-9-10-24(17-33-21)39-28-13-14-32-26-16-23(38-3)11-12-25(26)28/h4-14,16-17,19H,15,18H2,1-3H3/t19-/m1/s1. The van der Waals surface area contributed by atoms with E-state index in [0.29, 0.717) is 34.3 Å². The van der Waals surface area contributed by atoms with Gasteiger partial charge in [0.15, 0.2) is 5.78 Å². The van der Waals surface area contributed by atoms with Crippen LogP contribution in [0.5, 0.6) is 17.2 Å². The first-order valence-electron chi connectivity index (χ1n) is 12.5. The third-order valence-electron chi connectivity index (χ3n) is 6.38. The molecule has 198 valence electrons. The van der Waals surface area contributed by atoms with Gasteiger partial charge in [0.1, 0.15) is 29.0 Å². The first-order valence-corrected chi connectivity index (χ1v) is 12.5. The molecule has 0 bridgehead atoms. The van der Waals surface area contributed by atoms with Gasteiger partial charge >= 0.3 is 0 Å². The van der Waals surface area contributed by atoms with Crippen LogP contribution in [-0.4, -0.2) is 38.4 Å². The summed E-state index contributed by atoms with van der Waals surface area (Å²) in [6.07, 6.45) is 1.89. The number of alkyl halides is 1. The lowest BCUT2D eigenvalue weighted by Gasteiger charge is -2.14. The van der Waals surface area contributed by atoms with Crippen LogP contribution >= 0.6 is 0 Å². The van der Waals surface area contributed by atoms with E-state index >= 15 is 0 Å². The second-order valence-corrected chi connectivity index (χ2v) is 9.16. The zero-order chi connectivity index (χ0) is 27.5. The Morgan fingerprint density at radius 2 is 1.79 bits per heavy atom. The molecule has 0 spiro atoms. The molecule has 0 aliphatic carbocycles. The molecule has 0 radical (unpaired) electrons. The van der Waals surface area contributed by atoms with Gasteiger partial charge in [-0.1, -0.05) is 18.2 Å². The van der Waals surface area contributed by atoms with Gasteiger partial charge in [-0.15, -0.1) is 0 Å². The van der Waals surface area contributed by atoms with Gasteiger partial charge in [0, 0.05) is 29.0 Å². The molecular formula is C30H27FN4O4. The van der Waals surface area contributed by atoms with Crippen molar-refractivity contribution in [3.8, 4) is 22.9 Å². The van der Waals surface area contributed by atoms with Gasteiger partial charge in [0.25, 0.3) is 5.56 Å². The summed E-state index contributed by atoms with van der Waals surface area (Å²) in [5.74, 6) is 1.40. The number of methoxy groups -OCH3 is 1. The number of aromatic nitrogens is 4. The summed E-state index contributed by atoms with van der Waals surface area (Å²) in [6.45, 7) is 3.03. The molecule has 0 amide bonds. The molecule has 0 aliphatic heterocycles. The number of pyridine rings is 2. The molecule has 0 aliphatic rings. The Morgan fingerprint density at radius 1 is 1.03 bits per heavy atom. The van der Waals surface area contributed by atoms with Crippen LogP contribution < -0.4 is 15.0 Å². The first kappa shape index (κ1) is 25.8. The van der Waals surface area contributed by atoms with E-state index in [9.17, 15) is 14.0 Å². The number of nitrogens with zero attached hydrogens (tertiary/aromatic N) is 4. The van der Waals surface area contributed by atoms with Crippen molar-refractivity contribution in [2.75, 3.05) is 7.11 Å². The zero-order valence-corrected chi connectivity index (χ0v) is 21.8. The van der Waals surface area contributed by atoms with Crippen LogP contribution in [0.15, 0.2) is 83.9 Å². The summed E-state index contributed by atoms with van der Waals surface area (Å²) in [7, 11) is 1.60. The minimum absolute atomic E-state index is 0.0281. The number of para-hydroxylation sites is 1. The third-order valence-corrected chi connectivity index (χ3v) is 6.38. The lowest BCUT2D eigenvalue weighted by atomic mass is 10.1. The van der Waals surface area contributed by atoms with Crippen LogP contribution in [0.25, 0.3) is 16.6 Å². The molecule has 1 atom stereocenters. The molecule has 3 heterocycles. The Labute approximate surface area is 224 Å². The van der Waals surface area contributed by atoms with Crippen molar-refractivity contribution in [3.63, 3.8) is 0 Å².